The van der Waals surface area contributed by atoms with E-state index in [1.807, 2.05) is 48.5 Å². The van der Waals surface area contributed by atoms with Gasteiger partial charge in [-0.05, 0) is 35.1 Å². The van der Waals surface area contributed by atoms with E-state index < -0.39 is 12.2 Å². The summed E-state index contributed by atoms with van der Waals surface area (Å²) in [5, 5.41) is 20.8. The fourth-order valence-electron chi connectivity index (χ4n) is 2.74. The predicted octanol–water partition coefficient (Wildman–Crippen LogP) is 2.70. The molecule has 4 heteroatoms. The molecule has 2 aromatic rings. The first-order valence-electron chi connectivity index (χ1n) is 8.64. The van der Waals surface area contributed by atoms with Gasteiger partial charge in [-0.25, -0.2) is 0 Å². The highest BCUT2D eigenvalue weighted by Gasteiger charge is 2.18. The summed E-state index contributed by atoms with van der Waals surface area (Å²) in [6.07, 6.45) is 0.388. The van der Waals surface area contributed by atoms with Gasteiger partial charge in [0.15, 0.2) is 0 Å². The maximum atomic E-state index is 10.4. The number of aliphatic hydroxyl groups excluding tert-OH is 2. The maximum absolute atomic E-state index is 10.4. The average Bonchev–Trinajstić information content (AvgIpc) is 2.65. The quantitative estimate of drug-likeness (QED) is 0.696. The van der Waals surface area contributed by atoms with Crippen LogP contribution in [-0.2, 0) is 28.7 Å². The van der Waals surface area contributed by atoms with Gasteiger partial charge in [-0.2, -0.15) is 0 Å². The fraction of sp³-hybridized carbons (Fsp3) is 0.429. The molecule has 0 aliphatic rings. The molecule has 136 valence electrons. The van der Waals surface area contributed by atoms with Crippen molar-refractivity contribution < 1.29 is 19.7 Å². The van der Waals surface area contributed by atoms with E-state index in [4.69, 9.17) is 9.47 Å². The normalized spacial score (nSPS) is 13.6. The van der Waals surface area contributed by atoms with Crippen molar-refractivity contribution in [3.05, 3.63) is 70.8 Å². The van der Waals surface area contributed by atoms with Crippen LogP contribution in [0.4, 0.5) is 0 Å². The molecule has 2 N–H and O–H groups in total. The SMILES string of the molecule is COCCc1ccc(CC(O)C(O)c2ccc(CCOC)cc2)cc1. The molecule has 2 atom stereocenters. The van der Waals surface area contributed by atoms with Crippen LogP contribution in [0, 0.1) is 0 Å². The van der Waals surface area contributed by atoms with E-state index in [9.17, 15) is 10.2 Å². The predicted molar refractivity (Wildman–Crippen MR) is 98.7 cm³/mol. The van der Waals surface area contributed by atoms with Crippen molar-refractivity contribution in [1.29, 1.82) is 0 Å². The van der Waals surface area contributed by atoms with Gasteiger partial charge < -0.3 is 19.7 Å². The van der Waals surface area contributed by atoms with Crippen LogP contribution in [0.5, 0.6) is 0 Å². The number of rotatable bonds is 10. The molecule has 2 rings (SSSR count). The van der Waals surface area contributed by atoms with Crippen LogP contribution in [0.1, 0.15) is 28.4 Å². The van der Waals surface area contributed by atoms with Crippen molar-refractivity contribution in [1.82, 2.24) is 0 Å². The number of hydrogen-bond acceptors (Lipinski definition) is 4. The number of hydrogen-bond donors (Lipinski definition) is 2. The minimum atomic E-state index is -0.898. The van der Waals surface area contributed by atoms with Crippen molar-refractivity contribution in [2.75, 3.05) is 27.4 Å². The van der Waals surface area contributed by atoms with Crippen LogP contribution in [0.15, 0.2) is 48.5 Å². The van der Waals surface area contributed by atoms with Gasteiger partial charge in [0.05, 0.1) is 19.3 Å². The molecule has 0 fully saturated rings. The third-order valence-corrected chi connectivity index (χ3v) is 4.34. The summed E-state index contributed by atoms with van der Waals surface area (Å²) >= 11 is 0. The summed E-state index contributed by atoms with van der Waals surface area (Å²) in [4.78, 5) is 0. The molecule has 0 bridgehead atoms. The van der Waals surface area contributed by atoms with Gasteiger partial charge in [0.2, 0.25) is 0 Å². The van der Waals surface area contributed by atoms with E-state index in [2.05, 4.69) is 0 Å². The minimum Gasteiger partial charge on any atom is -0.390 e. The summed E-state index contributed by atoms with van der Waals surface area (Å²) in [5.74, 6) is 0. The van der Waals surface area contributed by atoms with Gasteiger partial charge in [0.1, 0.15) is 6.10 Å². The highest BCUT2D eigenvalue weighted by molar-refractivity contribution is 5.27. The molecule has 25 heavy (non-hydrogen) atoms. The lowest BCUT2D eigenvalue weighted by Crippen LogP contribution is -2.20. The molecule has 0 saturated carbocycles. The third kappa shape index (κ3) is 6.25. The summed E-state index contributed by atoms with van der Waals surface area (Å²) in [6, 6.07) is 15.7. The first-order valence-corrected chi connectivity index (χ1v) is 8.64. The van der Waals surface area contributed by atoms with Crippen molar-refractivity contribution >= 4 is 0 Å². The van der Waals surface area contributed by atoms with Crippen molar-refractivity contribution in [2.45, 2.75) is 31.5 Å². The van der Waals surface area contributed by atoms with E-state index >= 15 is 0 Å². The molecular weight excluding hydrogens is 316 g/mol. The summed E-state index contributed by atoms with van der Waals surface area (Å²) in [5.41, 5.74) is 4.08. The fourth-order valence-corrected chi connectivity index (χ4v) is 2.74. The Balaban J connectivity index is 1.91. The Kier molecular flexibility index (Phi) is 8.09. The molecular formula is C21H28O4. The molecule has 0 radical (unpaired) electrons. The number of benzene rings is 2. The van der Waals surface area contributed by atoms with Crippen molar-refractivity contribution in [2.24, 2.45) is 0 Å². The highest BCUT2D eigenvalue weighted by atomic mass is 16.5. The van der Waals surface area contributed by atoms with E-state index in [1.54, 1.807) is 14.2 Å². The first-order chi connectivity index (χ1) is 12.1. The van der Waals surface area contributed by atoms with Crippen molar-refractivity contribution in [3.8, 4) is 0 Å². The largest absolute Gasteiger partial charge is 0.390 e. The van der Waals surface area contributed by atoms with E-state index in [-0.39, 0.29) is 0 Å². The Bertz CT molecular complexity index is 607. The monoisotopic (exact) mass is 344 g/mol. The van der Waals surface area contributed by atoms with Crippen LogP contribution >= 0.6 is 0 Å². The van der Waals surface area contributed by atoms with E-state index in [0.29, 0.717) is 19.6 Å². The average molecular weight is 344 g/mol. The topological polar surface area (TPSA) is 58.9 Å². The van der Waals surface area contributed by atoms with Crippen LogP contribution in [0.25, 0.3) is 0 Å². The Hall–Kier alpha value is -1.72. The second-order valence-corrected chi connectivity index (χ2v) is 6.26. The van der Waals surface area contributed by atoms with Gasteiger partial charge in [0, 0.05) is 20.6 Å². The van der Waals surface area contributed by atoms with Crippen molar-refractivity contribution in [3.63, 3.8) is 0 Å². The second-order valence-electron chi connectivity index (χ2n) is 6.26. The molecule has 4 nitrogen and oxygen atoms in total. The standard InChI is InChI=1S/C21H28O4/c1-24-13-11-16-3-5-18(6-4-16)15-20(22)21(23)19-9-7-17(8-10-19)12-14-25-2/h3-10,20-23H,11-15H2,1-2H3. The third-order valence-electron chi connectivity index (χ3n) is 4.34. The van der Waals surface area contributed by atoms with Crippen LogP contribution < -0.4 is 0 Å². The van der Waals surface area contributed by atoms with Gasteiger partial charge in [-0.3, -0.25) is 0 Å². The molecule has 0 spiro atoms. The summed E-state index contributed by atoms with van der Waals surface area (Å²) < 4.78 is 10.1. The lowest BCUT2D eigenvalue weighted by atomic mass is 9.96. The Labute approximate surface area is 150 Å². The molecule has 2 aromatic carbocycles. The molecule has 0 saturated heterocycles. The molecule has 0 amide bonds. The van der Waals surface area contributed by atoms with Gasteiger partial charge in [-0.1, -0.05) is 48.5 Å². The molecule has 2 unspecified atom stereocenters. The molecule has 0 heterocycles. The number of aliphatic hydroxyl groups is 2. The summed E-state index contributed by atoms with van der Waals surface area (Å²) in [6.45, 7) is 1.37. The zero-order valence-corrected chi connectivity index (χ0v) is 15.0. The first kappa shape index (κ1) is 19.6. The number of methoxy groups -OCH3 is 2. The molecule has 0 aromatic heterocycles. The van der Waals surface area contributed by atoms with Gasteiger partial charge >= 0.3 is 0 Å². The second kappa shape index (κ2) is 10.3. The maximum Gasteiger partial charge on any atom is 0.105 e. The summed E-state index contributed by atoms with van der Waals surface area (Å²) in [7, 11) is 3.37. The zero-order chi connectivity index (χ0) is 18.1. The molecule has 0 aliphatic carbocycles. The van der Waals surface area contributed by atoms with E-state index in [1.165, 1.54) is 5.56 Å². The van der Waals surface area contributed by atoms with Gasteiger partial charge in [0.25, 0.3) is 0 Å². The van der Waals surface area contributed by atoms with Crippen LogP contribution in [-0.4, -0.2) is 43.8 Å². The minimum absolute atomic E-state index is 0.414. The molecule has 0 aliphatic heterocycles. The Morgan fingerprint density at radius 3 is 1.64 bits per heavy atom. The Morgan fingerprint density at radius 2 is 1.16 bits per heavy atom. The zero-order valence-electron chi connectivity index (χ0n) is 15.0. The Morgan fingerprint density at radius 1 is 0.720 bits per heavy atom. The van der Waals surface area contributed by atoms with Crippen LogP contribution in [0.2, 0.25) is 0 Å². The van der Waals surface area contributed by atoms with Crippen LogP contribution in [0.3, 0.4) is 0 Å². The highest BCUT2D eigenvalue weighted by Crippen LogP contribution is 2.21. The number of ether oxygens (including phenoxy) is 2. The smallest absolute Gasteiger partial charge is 0.105 e. The lowest BCUT2D eigenvalue weighted by molar-refractivity contribution is 0.0189. The van der Waals surface area contributed by atoms with Gasteiger partial charge in [-0.15, -0.1) is 0 Å². The van der Waals surface area contributed by atoms with E-state index in [0.717, 1.165) is 29.5 Å². The lowest BCUT2D eigenvalue weighted by Gasteiger charge is -2.19.